The summed E-state index contributed by atoms with van der Waals surface area (Å²) in [6.07, 6.45) is 0. The normalized spacial score (nSPS) is 10.5. The third-order valence-corrected chi connectivity index (χ3v) is 4.86. The van der Waals surface area contributed by atoms with Crippen LogP contribution >= 0.6 is 23.1 Å². The van der Waals surface area contributed by atoms with Gasteiger partial charge in [0, 0.05) is 4.90 Å². The first-order valence-electron chi connectivity index (χ1n) is 6.91. The van der Waals surface area contributed by atoms with Gasteiger partial charge in [-0.15, -0.1) is 23.1 Å². The van der Waals surface area contributed by atoms with Gasteiger partial charge in [0.2, 0.25) is 5.91 Å². The number of hydrazine groups is 1. The number of hydrogen-bond acceptors (Lipinski definition) is 4. The van der Waals surface area contributed by atoms with Crippen molar-refractivity contribution in [3.05, 3.63) is 52.2 Å². The van der Waals surface area contributed by atoms with Gasteiger partial charge in [-0.1, -0.05) is 32.0 Å². The summed E-state index contributed by atoms with van der Waals surface area (Å²) in [5.74, 6) is 0.221. The highest BCUT2D eigenvalue weighted by molar-refractivity contribution is 8.00. The molecular formula is C16H18N2O2S2. The lowest BCUT2D eigenvalue weighted by molar-refractivity contribution is -0.119. The fourth-order valence-electron chi connectivity index (χ4n) is 1.73. The molecule has 116 valence electrons. The maximum Gasteiger partial charge on any atom is 0.279 e. The first-order chi connectivity index (χ1) is 10.6. The summed E-state index contributed by atoms with van der Waals surface area (Å²) in [6, 6.07) is 11.7. The Kier molecular flexibility index (Phi) is 6.03. The molecule has 0 aliphatic heterocycles. The van der Waals surface area contributed by atoms with Crippen molar-refractivity contribution < 1.29 is 9.59 Å². The van der Waals surface area contributed by atoms with E-state index in [4.69, 9.17) is 0 Å². The highest BCUT2D eigenvalue weighted by Crippen LogP contribution is 2.21. The Morgan fingerprint density at radius 1 is 1.14 bits per heavy atom. The number of thioether (sulfide) groups is 1. The van der Waals surface area contributed by atoms with Gasteiger partial charge in [-0.3, -0.25) is 20.4 Å². The summed E-state index contributed by atoms with van der Waals surface area (Å²) in [4.78, 5) is 25.0. The van der Waals surface area contributed by atoms with Crippen LogP contribution in [-0.4, -0.2) is 17.6 Å². The standard InChI is InChI=1S/C16H18N2O2S2/c1-11(2)12-5-7-13(8-6-12)22-10-15(19)17-18-16(20)14-4-3-9-21-14/h3-9,11H,10H2,1-2H3,(H,17,19)(H,18,20). The Labute approximate surface area is 138 Å². The molecule has 2 rings (SSSR count). The minimum atomic E-state index is -0.297. The van der Waals surface area contributed by atoms with Gasteiger partial charge >= 0.3 is 0 Å². The zero-order valence-corrected chi connectivity index (χ0v) is 14.1. The van der Waals surface area contributed by atoms with Gasteiger partial charge in [0.05, 0.1) is 10.6 Å². The van der Waals surface area contributed by atoms with E-state index in [9.17, 15) is 9.59 Å². The maximum absolute atomic E-state index is 11.7. The lowest BCUT2D eigenvalue weighted by Gasteiger charge is -2.08. The molecule has 2 aromatic rings. The van der Waals surface area contributed by atoms with Gasteiger partial charge in [-0.05, 0) is 35.1 Å². The topological polar surface area (TPSA) is 58.2 Å². The fourth-order valence-corrected chi connectivity index (χ4v) is 3.05. The minimum absolute atomic E-state index is 0.233. The molecule has 0 aliphatic carbocycles. The Morgan fingerprint density at radius 3 is 2.45 bits per heavy atom. The van der Waals surface area contributed by atoms with Crippen LogP contribution in [0, 0.1) is 0 Å². The number of nitrogens with one attached hydrogen (secondary N) is 2. The summed E-state index contributed by atoms with van der Waals surface area (Å²) in [6.45, 7) is 4.29. The van der Waals surface area contributed by atoms with Crippen LogP contribution in [0.15, 0.2) is 46.7 Å². The molecule has 6 heteroatoms. The Hall–Kier alpha value is -1.79. The van der Waals surface area contributed by atoms with Crippen molar-refractivity contribution in [2.24, 2.45) is 0 Å². The van der Waals surface area contributed by atoms with Gasteiger partial charge < -0.3 is 0 Å². The van der Waals surface area contributed by atoms with Crippen molar-refractivity contribution in [1.29, 1.82) is 0 Å². The zero-order valence-electron chi connectivity index (χ0n) is 12.5. The number of amides is 2. The number of carbonyl (C=O) groups excluding carboxylic acids is 2. The van der Waals surface area contributed by atoms with Crippen molar-refractivity contribution in [1.82, 2.24) is 10.9 Å². The smallest absolute Gasteiger partial charge is 0.272 e. The number of thiophene rings is 1. The fraction of sp³-hybridized carbons (Fsp3) is 0.250. The molecule has 0 fully saturated rings. The van der Waals surface area contributed by atoms with Crippen molar-refractivity contribution in [3.8, 4) is 0 Å². The molecule has 0 bridgehead atoms. The van der Waals surface area contributed by atoms with Crippen LogP contribution in [0.5, 0.6) is 0 Å². The second-order valence-electron chi connectivity index (χ2n) is 4.99. The highest BCUT2D eigenvalue weighted by Gasteiger charge is 2.08. The van der Waals surface area contributed by atoms with Crippen LogP contribution in [0.25, 0.3) is 0 Å². The van der Waals surface area contributed by atoms with E-state index in [1.54, 1.807) is 12.1 Å². The van der Waals surface area contributed by atoms with E-state index in [0.717, 1.165) is 4.90 Å². The summed E-state index contributed by atoms with van der Waals surface area (Å²) >= 11 is 2.77. The third kappa shape index (κ3) is 4.89. The molecule has 0 atom stereocenters. The summed E-state index contributed by atoms with van der Waals surface area (Å²) in [5, 5.41) is 1.81. The third-order valence-electron chi connectivity index (χ3n) is 2.98. The molecule has 1 heterocycles. The van der Waals surface area contributed by atoms with Crippen molar-refractivity contribution in [3.63, 3.8) is 0 Å². The summed E-state index contributed by atoms with van der Waals surface area (Å²) in [5.41, 5.74) is 6.10. The number of rotatable bonds is 5. The second kappa shape index (κ2) is 8.00. The van der Waals surface area contributed by atoms with Crippen LogP contribution in [0.4, 0.5) is 0 Å². The number of hydrogen-bond donors (Lipinski definition) is 2. The molecule has 0 spiro atoms. The van der Waals surface area contributed by atoms with E-state index in [1.807, 2.05) is 17.5 Å². The minimum Gasteiger partial charge on any atom is -0.272 e. The van der Waals surface area contributed by atoms with Gasteiger partial charge in [0.25, 0.3) is 5.91 Å². The highest BCUT2D eigenvalue weighted by atomic mass is 32.2. The maximum atomic E-state index is 11.7. The predicted molar refractivity (Wildman–Crippen MR) is 91.2 cm³/mol. The molecule has 2 N–H and O–H groups in total. The van der Waals surface area contributed by atoms with E-state index in [2.05, 4.69) is 36.8 Å². The van der Waals surface area contributed by atoms with Gasteiger partial charge in [0.1, 0.15) is 0 Å². The predicted octanol–water partition coefficient (Wildman–Crippen LogP) is 3.42. The second-order valence-corrected chi connectivity index (χ2v) is 6.99. The Morgan fingerprint density at radius 2 is 1.86 bits per heavy atom. The summed E-state index contributed by atoms with van der Waals surface area (Å²) in [7, 11) is 0. The Balaban J connectivity index is 1.74. The van der Waals surface area contributed by atoms with Crippen LogP contribution in [0.1, 0.15) is 35.0 Å². The average Bonchev–Trinajstić information content (AvgIpc) is 3.05. The molecule has 0 unspecified atom stereocenters. The lowest BCUT2D eigenvalue weighted by atomic mass is 10.0. The van der Waals surface area contributed by atoms with Crippen LogP contribution in [0.2, 0.25) is 0 Å². The first-order valence-corrected chi connectivity index (χ1v) is 8.78. The number of benzene rings is 1. The molecule has 1 aromatic heterocycles. The van der Waals surface area contributed by atoms with E-state index in [-0.39, 0.29) is 17.6 Å². The van der Waals surface area contributed by atoms with Crippen molar-refractivity contribution in [2.45, 2.75) is 24.7 Å². The van der Waals surface area contributed by atoms with Gasteiger partial charge in [-0.25, -0.2) is 0 Å². The average molecular weight is 334 g/mol. The molecule has 22 heavy (non-hydrogen) atoms. The van der Waals surface area contributed by atoms with E-state index >= 15 is 0 Å². The molecular weight excluding hydrogens is 316 g/mol. The van der Waals surface area contributed by atoms with E-state index < -0.39 is 0 Å². The van der Waals surface area contributed by atoms with Crippen LogP contribution in [0.3, 0.4) is 0 Å². The first kappa shape index (κ1) is 16.6. The molecule has 2 amide bonds. The summed E-state index contributed by atoms with van der Waals surface area (Å²) < 4.78 is 0. The van der Waals surface area contributed by atoms with Gasteiger partial charge in [0.15, 0.2) is 0 Å². The monoisotopic (exact) mass is 334 g/mol. The molecule has 0 saturated heterocycles. The van der Waals surface area contributed by atoms with E-state index in [1.165, 1.54) is 28.7 Å². The largest absolute Gasteiger partial charge is 0.279 e. The SMILES string of the molecule is CC(C)c1ccc(SCC(=O)NNC(=O)c2cccs2)cc1. The zero-order chi connectivity index (χ0) is 15.9. The number of carbonyl (C=O) groups is 2. The van der Waals surface area contributed by atoms with E-state index in [0.29, 0.717) is 10.8 Å². The lowest BCUT2D eigenvalue weighted by Crippen LogP contribution is -2.42. The quantitative estimate of drug-likeness (QED) is 0.650. The molecule has 0 aliphatic rings. The molecule has 4 nitrogen and oxygen atoms in total. The molecule has 0 radical (unpaired) electrons. The van der Waals surface area contributed by atoms with Crippen LogP contribution in [-0.2, 0) is 4.79 Å². The Bertz CT molecular complexity index is 622. The van der Waals surface area contributed by atoms with Gasteiger partial charge in [-0.2, -0.15) is 0 Å². The molecule has 1 aromatic carbocycles. The molecule has 0 saturated carbocycles. The van der Waals surface area contributed by atoms with Crippen molar-refractivity contribution >= 4 is 34.9 Å². The van der Waals surface area contributed by atoms with Crippen LogP contribution < -0.4 is 10.9 Å². The van der Waals surface area contributed by atoms with Crippen molar-refractivity contribution in [2.75, 3.05) is 5.75 Å².